The van der Waals surface area contributed by atoms with E-state index in [1.54, 1.807) is 7.11 Å². The topological polar surface area (TPSA) is 46.6 Å². The van der Waals surface area contributed by atoms with E-state index in [-0.39, 0.29) is 0 Å². The number of rotatable bonds is 7. The minimum Gasteiger partial charge on any atom is -0.383 e. The molecular weight excluding hydrogens is 286 g/mol. The van der Waals surface area contributed by atoms with Gasteiger partial charge in [-0.15, -0.1) is 0 Å². The summed E-state index contributed by atoms with van der Waals surface area (Å²) in [4.78, 5) is 2.43. The molecule has 0 aromatic carbocycles. The zero-order valence-electron chi connectivity index (χ0n) is 13.2. The Morgan fingerprint density at radius 3 is 2.67 bits per heavy atom. The average Bonchev–Trinajstić information content (AvgIpc) is 2.45. The lowest BCUT2D eigenvalue weighted by molar-refractivity contribution is 0.123. The largest absolute Gasteiger partial charge is 0.383 e. The number of allylic oxidation sites excluding steroid dienone is 2. The van der Waals surface area contributed by atoms with Crippen molar-refractivity contribution in [2.24, 2.45) is 11.8 Å². The van der Waals surface area contributed by atoms with E-state index in [4.69, 9.17) is 4.74 Å². The van der Waals surface area contributed by atoms with Gasteiger partial charge in [-0.25, -0.2) is 8.42 Å². The second-order valence-electron chi connectivity index (χ2n) is 6.53. The molecule has 1 saturated heterocycles. The normalized spacial score (nSPS) is 28.9. The third-order valence-electron chi connectivity index (χ3n) is 4.58. The lowest BCUT2D eigenvalue weighted by Crippen LogP contribution is -2.40. The van der Waals surface area contributed by atoms with Crippen LogP contribution < -0.4 is 0 Å². The van der Waals surface area contributed by atoms with Gasteiger partial charge in [-0.3, -0.25) is 0 Å². The highest BCUT2D eigenvalue weighted by atomic mass is 32.2. The highest BCUT2D eigenvalue weighted by Gasteiger charge is 2.27. The van der Waals surface area contributed by atoms with Gasteiger partial charge in [-0.2, -0.15) is 0 Å². The Kier molecular flexibility index (Phi) is 6.71. The van der Waals surface area contributed by atoms with Gasteiger partial charge in [0.1, 0.15) is 0 Å². The number of sulfone groups is 1. The van der Waals surface area contributed by atoms with E-state index in [1.807, 2.05) is 0 Å². The first-order valence-corrected chi connectivity index (χ1v) is 9.98. The van der Waals surface area contributed by atoms with Crippen LogP contribution in [-0.2, 0) is 14.6 Å². The van der Waals surface area contributed by atoms with E-state index >= 15 is 0 Å². The van der Waals surface area contributed by atoms with Gasteiger partial charge in [0, 0.05) is 26.7 Å². The quantitative estimate of drug-likeness (QED) is 0.675. The molecular formula is C16H29NO3S. The molecule has 0 aromatic heterocycles. The highest BCUT2D eigenvalue weighted by Crippen LogP contribution is 2.23. The number of hydrogen-bond acceptors (Lipinski definition) is 4. The van der Waals surface area contributed by atoms with Gasteiger partial charge in [0.15, 0.2) is 9.84 Å². The predicted molar refractivity (Wildman–Crippen MR) is 86.2 cm³/mol. The van der Waals surface area contributed by atoms with Crippen LogP contribution in [0.25, 0.3) is 0 Å². The van der Waals surface area contributed by atoms with Crippen LogP contribution in [0.2, 0.25) is 0 Å². The van der Waals surface area contributed by atoms with Crippen LogP contribution >= 0.6 is 0 Å². The van der Waals surface area contributed by atoms with Crippen molar-refractivity contribution in [2.75, 3.05) is 44.9 Å². The maximum atomic E-state index is 11.8. The molecule has 0 aromatic rings. The minimum atomic E-state index is -2.80. The van der Waals surface area contributed by atoms with E-state index in [9.17, 15) is 8.42 Å². The Bertz CT molecular complexity index is 433. The Morgan fingerprint density at radius 1 is 1.19 bits per heavy atom. The Hall–Kier alpha value is -0.390. The first kappa shape index (κ1) is 17.0. The number of nitrogens with zero attached hydrogens (tertiary/aromatic N) is 1. The summed E-state index contributed by atoms with van der Waals surface area (Å²) in [6, 6.07) is 0. The molecule has 2 rings (SSSR count). The van der Waals surface area contributed by atoms with Crippen LogP contribution in [0.1, 0.15) is 32.1 Å². The molecule has 0 amide bonds. The van der Waals surface area contributed by atoms with Gasteiger partial charge < -0.3 is 9.64 Å². The molecule has 0 radical (unpaired) electrons. The molecule has 5 heteroatoms. The number of hydrogen-bond donors (Lipinski definition) is 0. The predicted octanol–water partition coefficient (Wildman–Crippen LogP) is 2.12. The fourth-order valence-electron chi connectivity index (χ4n) is 3.49. The summed E-state index contributed by atoms with van der Waals surface area (Å²) >= 11 is 0. The molecule has 1 fully saturated rings. The second-order valence-corrected chi connectivity index (χ2v) is 8.75. The van der Waals surface area contributed by atoms with Crippen molar-refractivity contribution in [3.63, 3.8) is 0 Å². The lowest BCUT2D eigenvalue weighted by Gasteiger charge is -2.32. The van der Waals surface area contributed by atoms with Crippen molar-refractivity contribution < 1.29 is 13.2 Å². The zero-order chi connectivity index (χ0) is 15.1. The summed E-state index contributed by atoms with van der Waals surface area (Å²) in [7, 11) is -1.07. The summed E-state index contributed by atoms with van der Waals surface area (Å²) in [5, 5.41) is 0. The molecule has 0 saturated carbocycles. The van der Waals surface area contributed by atoms with Gasteiger partial charge in [0.25, 0.3) is 0 Å². The van der Waals surface area contributed by atoms with E-state index in [1.165, 1.54) is 12.8 Å². The van der Waals surface area contributed by atoms with Crippen LogP contribution in [0.15, 0.2) is 12.2 Å². The zero-order valence-corrected chi connectivity index (χ0v) is 14.0. The molecule has 21 heavy (non-hydrogen) atoms. The van der Waals surface area contributed by atoms with Crippen molar-refractivity contribution in [1.29, 1.82) is 0 Å². The molecule has 0 bridgehead atoms. The Labute approximate surface area is 129 Å². The molecule has 2 unspecified atom stereocenters. The number of methoxy groups -OCH3 is 1. The molecule has 122 valence electrons. The van der Waals surface area contributed by atoms with E-state index in [2.05, 4.69) is 17.1 Å². The second kappa shape index (κ2) is 8.30. The van der Waals surface area contributed by atoms with Crippen LogP contribution in [0.4, 0.5) is 0 Å². The third kappa shape index (κ3) is 6.09. The molecule has 4 nitrogen and oxygen atoms in total. The molecule has 2 aliphatic rings. The third-order valence-corrected chi connectivity index (χ3v) is 6.47. The molecule has 0 N–H and O–H groups in total. The summed E-state index contributed by atoms with van der Waals surface area (Å²) in [5.41, 5.74) is 0. The first-order chi connectivity index (χ1) is 10.1. The Balaban J connectivity index is 1.87. The SMILES string of the molecule is COCCN(CC1CC=CCC1)CC1CCCS(=O)(=O)C1. The van der Waals surface area contributed by atoms with Crippen molar-refractivity contribution >= 4 is 9.84 Å². The minimum absolute atomic E-state index is 0.305. The van der Waals surface area contributed by atoms with Crippen molar-refractivity contribution in [1.82, 2.24) is 4.90 Å². The molecule has 1 aliphatic carbocycles. The van der Waals surface area contributed by atoms with E-state index in [0.717, 1.165) is 45.5 Å². The summed E-state index contributed by atoms with van der Waals surface area (Å²) in [5.74, 6) is 1.78. The van der Waals surface area contributed by atoms with Crippen LogP contribution in [0.3, 0.4) is 0 Å². The van der Waals surface area contributed by atoms with E-state index < -0.39 is 9.84 Å². The molecule has 2 atom stereocenters. The average molecular weight is 315 g/mol. The summed E-state index contributed by atoms with van der Waals surface area (Å²) in [6.45, 7) is 3.61. The van der Waals surface area contributed by atoms with Gasteiger partial charge in [0.05, 0.1) is 18.1 Å². The fourth-order valence-corrected chi connectivity index (χ4v) is 5.26. The molecule has 1 aliphatic heterocycles. The van der Waals surface area contributed by atoms with Crippen LogP contribution in [0.5, 0.6) is 0 Å². The maximum Gasteiger partial charge on any atom is 0.150 e. The van der Waals surface area contributed by atoms with E-state index in [0.29, 0.717) is 23.3 Å². The van der Waals surface area contributed by atoms with Gasteiger partial charge in [0.2, 0.25) is 0 Å². The smallest absolute Gasteiger partial charge is 0.150 e. The first-order valence-electron chi connectivity index (χ1n) is 8.16. The van der Waals surface area contributed by atoms with Gasteiger partial charge in [-0.1, -0.05) is 12.2 Å². The number of ether oxygens (including phenoxy) is 1. The van der Waals surface area contributed by atoms with Crippen molar-refractivity contribution in [2.45, 2.75) is 32.1 Å². The highest BCUT2D eigenvalue weighted by molar-refractivity contribution is 7.91. The monoisotopic (exact) mass is 315 g/mol. The lowest BCUT2D eigenvalue weighted by atomic mass is 9.93. The standard InChI is InChI=1S/C16H29NO3S/c1-20-10-9-17(12-15-6-3-2-4-7-15)13-16-8-5-11-21(18,19)14-16/h2-3,15-16H,4-14H2,1H3. The summed E-state index contributed by atoms with van der Waals surface area (Å²) < 4.78 is 28.8. The van der Waals surface area contributed by atoms with Gasteiger partial charge >= 0.3 is 0 Å². The van der Waals surface area contributed by atoms with Crippen molar-refractivity contribution in [3.8, 4) is 0 Å². The maximum absolute atomic E-state index is 11.8. The van der Waals surface area contributed by atoms with Crippen molar-refractivity contribution in [3.05, 3.63) is 12.2 Å². The van der Waals surface area contributed by atoms with Crippen LogP contribution in [0, 0.1) is 11.8 Å². The van der Waals surface area contributed by atoms with Crippen LogP contribution in [-0.4, -0.2) is 58.2 Å². The van der Waals surface area contributed by atoms with Gasteiger partial charge in [-0.05, 0) is 43.9 Å². The summed E-state index contributed by atoms with van der Waals surface area (Å²) in [6.07, 6.45) is 10.0. The molecule has 0 spiro atoms. The molecule has 1 heterocycles. The Morgan fingerprint density at radius 2 is 2.00 bits per heavy atom. The fraction of sp³-hybridized carbons (Fsp3) is 0.875.